The molecule has 0 aliphatic heterocycles. The molecule has 2 heteroatoms. The Kier molecular flexibility index (Phi) is 5.20. The molecule has 11 heavy (non-hydrogen) atoms. The van der Waals surface area contributed by atoms with Crippen LogP contribution in [0.4, 0.5) is 0 Å². The summed E-state index contributed by atoms with van der Waals surface area (Å²) < 4.78 is 0. The van der Waals surface area contributed by atoms with E-state index in [1.165, 1.54) is 0 Å². The highest BCUT2D eigenvalue weighted by Crippen LogP contribution is 1.99. The van der Waals surface area contributed by atoms with Crippen LogP contribution in [0, 0.1) is 23.8 Å². The van der Waals surface area contributed by atoms with Gasteiger partial charge in [0.05, 0.1) is 11.5 Å². The van der Waals surface area contributed by atoms with Crippen molar-refractivity contribution in [3.05, 3.63) is 0 Å². The number of thioether (sulfide) groups is 1. The van der Waals surface area contributed by atoms with Crippen molar-refractivity contribution in [1.82, 2.24) is 0 Å². The molecule has 0 heterocycles. The normalized spacial score (nSPS) is 9.64. The fraction of sp³-hybridized carbons (Fsp3) is 0.556. The Hall–Kier alpha value is -0.313. The second-order valence-corrected chi connectivity index (χ2v) is 8.98. The molecule has 0 aliphatic carbocycles. The van der Waals surface area contributed by atoms with Crippen LogP contribution < -0.4 is 0 Å². The van der Waals surface area contributed by atoms with Gasteiger partial charge < -0.3 is 0 Å². The van der Waals surface area contributed by atoms with Gasteiger partial charge in [0.1, 0.15) is 8.07 Å². The van der Waals surface area contributed by atoms with E-state index in [9.17, 15) is 0 Å². The van der Waals surface area contributed by atoms with Crippen LogP contribution in [0.15, 0.2) is 0 Å². The molecule has 0 saturated heterocycles. The van der Waals surface area contributed by atoms with E-state index in [1.54, 1.807) is 11.8 Å². The Balaban J connectivity index is 3.51. The lowest BCUT2D eigenvalue weighted by atomic mass is 10.8. The van der Waals surface area contributed by atoms with Gasteiger partial charge in [0.15, 0.2) is 0 Å². The number of hydrogen-bond acceptors (Lipinski definition) is 1. The highest BCUT2D eigenvalue weighted by Gasteiger charge is 2.06. The van der Waals surface area contributed by atoms with Crippen molar-refractivity contribution in [2.75, 3.05) is 11.5 Å². The molecule has 0 aromatic carbocycles. The fourth-order valence-electron chi connectivity index (χ4n) is 0.462. The topological polar surface area (TPSA) is 0 Å². The first-order chi connectivity index (χ1) is 5.06. The van der Waals surface area contributed by atoms with E-state index in [0.717, 1.165) is 11.5 Å². The monoisotopic (exact) mass is 182 g/mol. The van der Waals surface area contributed by atoms with Gasteiger partial charge in [-0.05, 0) is 0 Å². The van der Waals surface area contributed by atoms with Crippen LogP contribution in [0.5, 0.6) is 0 Å². The van der Waals surface area contributed by atoms with Crippen LogP contribution in [0.25, 0.3) is 0 Å². The molecule has 0 spiro atoms. The standard InChI is InChI=1S/C9H14SSi/c1-5-7-10-8-6-9-11(2,3)4/h1H,7-8H2,2-4H3. The molecule has 0 aliphatic rings. The minimum Gasteiger partial charge on any atom is -0.136 e. The largest absolute Gasteiger partial charge is 0.136 e. The van der Waals surface area contributed by atoms with E-state index in [4.69, 9.17) is 6.42 Å². The molecule has 0 nitrogen and oxygen atoms in total. The highest BCUT2D eigenvalue weighted by atomic mass is 32.2. The van der Waals surface area contributed by atoms with E-state index >= 15 is 0 Å². The lowest BCUT2D eigenvalue weighted by Crippen LogP contribution is -2.16. The number of hydrogen-bond donors (Lipinski definition) is 0. The predicted octanol–water partition coefficient (Wildman–Crippen LogP) is 2.23. The summed E-state index contributed by atoms with van der Waals surface area (Å²) >= 11 is 1.71. The lowest BCUT2D eigenvalue weighted by molar-refractivity contribution is 1.79. The SMILES string of the molecule is C#CCSCC#C[Si](C)(C)C. The molecule has 0 unspecified atom stereocenters. The van der Waals surface area contributed by atoms with Crippen LogP contribution in [-0.4, -0.2) is 19.6 Å². The summed E-state index contributed by atoms with van der Waals surface area (Å²) in [6, 6.07) is 0. The van der Waals surface area contributed by atoms with Crippen LogP contribution >= 0.6 is 11.8 Å². The summed E-state index contributed by atoms with van der Waals surface area (Å²) in [5, 5.41) is 0. The van der Waals surface area contributed by atoms with Gasteiger partial charge in [0.2, 0.25) is 0 Å². The Labute approximate surface area is 75.2 Å². The van der Waals surface area contributed by atoms with Crippen molar-refractivity contribution in [2.24, 2.45) is 0 Å². The zero-order valence-corrected chi connectivity index (χ0v) is 9.22. The molecule has 0 fully saturated rings. The van der Waals surface area contributed by atoms with Crippen LogP contribution in [0.3, 0.4) is 0 Å². The maximum atomic E-state index is 5.09. The van der Waals surface area contributed by atoms with Crippen molar-refractivity contribution in [3.63, 3.8) is 0 Å². The van der Waals surface area contributed by atoms with Crippen LogP contribution in [0.2, 0.25) is 19.6 Å². The summed E-state index contributed by atoms with van der Waals surface area (Å²) in [6.45, 7) is 6.73. The molecule has 0 N–H and O–H groups in total. The third kappa shape index (κ3) is 9.69. The fourth-order valence-corrected chi connectivity index (χ4v) is 1.60. The number of terminal acetylenes is 1. The minimum absolute atomic E-state index is 0.778. The van der Waals surface area contributed by atoms with E-state index in [1.807, 2.05) is 0 Å². The minimum atomic E-state index is -1.14. The molecule has 0 amide bonds. The zero-order valence-electron chi connectivity index (χ0n) is 7.40. The molecule has 0 bridgehead atoms. The Bertz CT molecular complexity index is 196. The first-order valence-corrected chi connectivity index (χ1v) is 8.23. The second-order valence-electron chi connectivity index (χ2n) is 3.25. The van der Waals surface area contributed by atoms with Crippen LogP contribution in [0.1, 0.15) is 0 Å². The maximum Gasteiger partial charge on any atom is 0.129 e. The first-order valence-electron chi connectivity index (χ1n) is 3.57. The van der Waals surface area contributed by atoms with Crippen molar-refractivity contribution in [1.29, 1.82) is 0 Å². The molecular weight excluding hydrogens is 168 g/mol. The van der Waals surface area contributed by atoms with Gasteiger partial charge in [-0.1, -0.05) is 31.5 Å². The molecule has 0 atom stereocenters. The van der Waals surface area contributed by atoms with Gasteiger partial charge in [-0.15, -0.1) is 23.7 Å². The first kappa shape index (κ1) is 10.7. The van der Waals surface area contributed by atoms with E-state index in [-0.39, 0.29) is 0 Å². The third-order valence-corrected chi connectivity index (χ3v) is 2.47. The quantitative estimate of drug-likeness (QED) is 0.358. The van der Waals surface area contributed by atoms with Crippen LogP contribution in [-0.2, 0) is 0 Å². The Morgan fingerprint density at radius 2 is 1.91 bits per heavy atom. The van der Waals surface area contributed by atoms with E-state index in [2.05, 4.69) is 37.0 Å². The summed E-state index contributed by atoms with van der Waals surface area (Å²) in [4.78, 5) is 0. The summed E-state index contributed by atoms with van der Waals surface area (Å²) in [6.07, 6.45) is 5.09. The second kappa shape index (κ2) is 5.35. The molecular formula is C9H14SSi. The average Bonchev–Trinajstić information content (AvgIpc) is 1.85. The predicted molar refractivity (Wildman–Crippen MR) is 57.3 cm³/mol. The lowest BCUT2D eigenvalue weighted by Gasteiger charge is -2.02. The van der Waals surface area contributed by atoms with E-state index in [0.29, 0.717) is 0 Å². The Morgan fingerprint density at radius 3 is 2.36 bits per heavy atom. The van der Waals surface area contributed by atoms with Gasteiger partial charge in [-0.25, -0.2) is 0 Å². The van der Waals surface area contributed by atoms with Crippen molar-refractivity contribution >= 4 is 19.8 Å². The molecule has 0 rings (SSSR count). The number of rotatable bonds is 2. The van der Waals surface area contributed by atoms with Crippen molar-refractivity contribution in [3.8, 4) is 23.8 Å². The molecule has 0 saturated carbocycles. The molecule has 0 aromatic rings. The molecule has 0 radical (unpaired) electrons. The van der Waals surface area contributed by atoms with Gasteiger partial charge >= 0.3 is 0 Å². The third-order valence-electron chi connectivity index (χ3n) is 0.823. The van der Waals surface area contributed by atoms with Crippen molar-refractivity contribution < 1.29 is 0 Å². The summed E-state index contributed by atoms with van der Waals surface area (Å²) in [5.41, 5.74) is 3.28. The average molecular weight is 182 g/mol. The van der Waals surface area contributed by atoms with Gasteiger partial charge in [0, 0.05) is 0 Å². The van der Waals surface area contributed by atoms with Gasteiger partial charge in [0.25, 0.3) is 0 Å². The summed E-state index contributed by atoms with van der Waals surface area (Å²) in [5.74, 6) is 7.37. The highest BCUT2D eigenvalue weighted by molar-refractivity contribution is 7.99. The van der Waals surface area contributed by atoms with E-state index < -0.39 is 8.07 Å². The maximum absolute atomic E-state index is 5.09. The van der Waals surface area contributed by atoms with Gasteiger partial charge in [-0.2, -0.15) is 0 Å². The molecule has 60 valence electrons. The molecule has 0 aromatic heterocycles. The smallest absolute Gasteiger partial charge is 0.129 e. The Morgan fingerprint density at radius 1 is 1.27 bits per heavy atom. The van der Waals surface area contributed by atoms with Gasteiger partial charge in [-0.3, -0.25) is 0 Å². The van der Waals surface area contributed by atoms with Crippen molar-refractivity contribution in [2.45, 2.75) is 19.6 Å². The zero-order chi connectivity index (χ0) is 8.74. The summed E-state index contributed by atoms with van der Waals surface area (Å²) in [7, 11) is -1.14.